The monoisotopic (exact) mass is 338 g/mol. The number of hydrogen-bond donors (Lipinski definition) is 0. The van der Waals surface area contributed by atoms with Gasteiger partial charge in [0.1, 0.15) is 30.2 Å². The first kappa shape index (κ1) is 18.5. The van der Waals surface area contributed by atoms with Crippen LogP contribution in [0.3, 0.4) is 0 Å². The van der Waals surface area contributed by atoms with Crippen molar-refractivity contribution in [2.45, 2.75) is 26.4 Å². The fraction of sp³-hybridized carbons (Fsp3) is 0.611. The maximum Gasteiger partial charge on any atom is 0.342 e. The van der Waals surface area contributed by atoms with Crippen molar-refractivity contribution in [3.8, 4) is 5.75 Å². The molecule has 1 aromatic rings. The maximum absolute atomic E-state index is 12.5. The lowest BCUT2D eigenvalue weighted by molar-refractivity contribution is 0.00656. The Morgan fingerprint density at radius 2 is 1.88 bits per heavy atom. The van der Waals surface area contributed by atoms with E-state index in [9.17, 15) is 9.18 Å². The van der Waals surface area contributed by atoms with Crippen molar-refractivity contribution in [2.75, 3.05) is 51.4 Å². The molecular weight excluding hydrogens is 311 g/mol. The SMILES string of the molecule is CN1CCN(c2ccc(C(=O)OC(C)(C)C)c(OCCF)c2)CC1. The van der Waals surface area contributed by atoms with E-state index >= 15 is 0 Å². The molecule has 0 spiro atoms. The number of rotatable bonds is 5. The van der Waals surface area contributed by atoms with Gasteiger partial charge in [0.05, 0.1) is 0 Å². The van der Waals surface area contributed by atoms with Crippen LogP contribution in [0, 0.1) is 0 Å². The van der Waals surface area contributed by atoms with Gasteiger partial charge in [-0.05, 0) is 40.0 Å². The molecule has 1 heterocycles. The summed E-state index contributed by atoms with van der Waals surface area (Å²) in [5.41, 5.74) is 0.713. The molecule has 0 aliphatic carbocycles. The molecule has 5 nitrogen and oxygen atoms in total. The number of halogens is 1. The highest BCUT2D eigenvalue weighted by molar-refractivity contribution is 5.93. The summed E-state index contributed by atoms with van der Waals surface area (Å²) in [7, 11) is 2.10. The van der Waals surface area contributed by atoms with E-state index < -0.39 is 18.2 Å². The summed E-state index contributed by atoms with van der Waals surface area (Å²) in [6.45, 7) is 8.52. The Labute approximate surface area is 143 Å². The van der Waals surface area contributed by atoms with Gasteiger partial charge in [-0.15, -0.1) is 0 Å². The second kappa shape index (κ2) is 7.83. The predicted molar refractivity (Wildman–Crippen MR) is 92.8 cm³/mol. The molecular formula is C18H27FN2O3. The van der Waals surface area contributed by atoms with Gasteiger partial charge in [-0.3, -0.25) is 0 Å². The van der Waals surface area contributed by atoms with Crippen molar-refractivity contribution in [3.63, 3.8) is 0 Å². The molecule has 0 saturated carbocycles. The fourth-order valence-corrected chi connectivity index (χ4v) is 2.54. The van der Waals surface area contributed by atoms with Crippen molar-refractivity contribution in [1.29, 1.82) is 0 Å². The minimum Gasteiger partial charge on any atom is -0.490 e. The third-order valence-electron chi connectivity index (χ3n) is 3.79. The quantitative estimate of drug-likeness (QED) is 0.772. The molecule has 0 unspecified atom stereocenters. The second-order valence-corrected chi connectivity index (χ2v) is 7.01. The largest absolute Gasteiger partial charge is 0.490 e. The Balaban J connectivity index is 2.23. The molecule has 0 bridgehead atoms. The maximum atomic E-state index is 12.5. The molecule has 0 amide bonds. The highest BCUT2D eigenvalue weighted by atomic mass is 19.1. The summed E-state index contributed by atoms with van der Waals surface area (Å²) in [6.07, 6.45) is 0. The molecule has 1 saturated heterocycles. The van der Waals surface area contributed by atoms with Crippen LogP contribution in [0.25, 0.3) is 0 Å². The second-order valence-electron chi connectivity index (χ2n) is 7.01. The lowest BCUT2D eigenvalue weighted by Gasteiger charge is -2.34. The van der Waals surface area contributed by atoms with Gasteiger partial charge < -0.3 is 19.3 Å². The number of benzene rings is 1. The Bertz CT molecular complexity index is 564. The van der Waals surface area contributed by atoms with E-state index in [2.05, 4.69) is 16.8 Å². The van der Waals surface area contributed by atoms with E-state index in [0.717, 1.165) is 31.9 Å². The van der Waals surface area contributed by atoms with Gasteiger partial charge in [-0.2, -0.15) is 0 Å². The average molecular weight is 338 g/mol. The van der Waals surface area contributed by atoms with Crippen molar-refractivity contribution in [2.24, 2.45) is 0 Å². The lowest BCUT2D eigenvalue weighted by atomic mass is 10.1. The smallest absolute Gasteiger partial charge is 0.342 e. The van der Waals surface area contributed by atoms with Gasteiger partial charge in [0.15, 0.2) is 0 Å². The fourth-order valence-electron chi connectivity index (χ4n) is 2.54. The van der Waals surface area contributed by atoms with Crippen LogP contribution in [0.2, 0.25) is 0 Å². The van der Waals surface area contributed by atoms with Gasteiger partial charge >= 0.3 is 5.97 Å². The molecule has 1 aliphatic heterocycles. The Kier molecular flexibility index (Phi) is 6.04. The normalized spacial score (nSPS) is 16.1. The van der Waals surface area contributed by atoms with Gasteiger partial charge in [-0.1, -0.05) is 0 Å². The van der Waals surface area contributed by atoms with Crippen LogP contribution in [0.15, 0.2) is 18.2 Å². The number of anilines is 1. The van der Waals surface area contributed by atoms with Crippen LogP contribution >= 0.6 is 0 Å². The third kappa shape index (κ3) is 5.09. The van der Waals surface area contributed by atoms with Gasteiger partial charge in [0.2, 0.25) is 0 Å². The molecule has 1 fully saturated rings. The highest BCUT2D eigenvalue weighted by Crippen LogP contribution is 2.28. The van der Waals surface area contributed by atoms with E-state index in [0.29, 0.717) is 11.3 Å². The minimum atomic E-state index is -0.605. The van der Waals surface area contributed by atoms with Crippen LogP contribution in [0.4, 0.5) is 10.1 Å². The summed E-state index contributed by atoms with van der Waals surface area (Å²) in [5, 5.41) is 0. The standard InChI is InChI=1S/C18H27FN2O3/c1-18(2,3)24-17(22)15-6-5-14(13-16(15)23-12-7-19)21-10-8-20(4)9-11-21/h5-6,13H,7-12H2,1-4H3. The Hall–Kier alpha value is -1.82. The molecule has 0 atom stereocenters. The van der Waals surface area contributed by atoms with Gasteiger partial charge in [-0.25, -0.2) is 9.18 Å². The summed E-state index contributed by atoms with van der Waals surface area (Å²) in [4.78, 5) is 16.9. The van der Waals surface area contributed by atoms with Crippen molar-refractivity contribution in [3.05, 3.63) is 23.8 Å². The number of nitrogens with zero attached hydrogens (tertiary/aromatic N) is 2. The minimum absolute atomic E-state index is 0.0814. The van der Waals surface area contributed by atoms with E-state index in [1.807, 2.05) is 26.8 Å². The molecule has 6 heteroatoms. The zero-order valence-corrected chi connectivity index (χ0v) is 15.0. The van der Waals surface area contributed by atoms with Crippen molar-refractivity contribution >= 4 is 11.7 Å². The summed E-state index contributed by atoms with van der Waals surface area (Å²) >= 11 is 0. The first-order valence-corrected chi connectivity index (χ1v) is 8.30. The number of ether oxygens (including phenoxy) is 2. The zero-order valence-electron chi connectivity index (χ0n) is 15.0. The van der Waals surface area contributed by atoms with Gasteiger partial charge in [0, 0.05) is 37.9 Å². The van der Waals surface area contributed by atoms with Crippen LogP contribution in [-0.2, 0) is 4.74 Å². The van der Waals surface area contributed by atoms with Crippen LogP contribution in [-0.4, -0.2) is 63.0 Å². The van der Waals surface area contributed by atoms with Crippen molar-refractivity contribution < 1.29 is 18.7 Å². The molecule has 134 valence electrons. The number of piperazine rings is 1. The summed E-state index contributed by atoms with van der Waals surface area (Å²) < 4.78 is 23.4. The number of carbonyl (C=O) groups excluding carboxylic acids is 1. The molecule has 2 rings (SSSR count). The van der Waals surface area contributed by atoms with E-state index in [4.69, 9.17) is 9.47 Å². The molecule has 1 aliphatic rings. The zero-order chi connectivity index (χ0) is 17.7. The molecule has 0 aromatic heterocycles. The lowest BCUT2D eigenvalue weighted by Crippen LogP contribution is -2.44. The average Bonchev–Trinajstić information content (AvgIpc) is 2.51. The van der Waals surface area contributed by atoms with E-state index in [1.54, 1.807) is 12.1 Å². The highest BCUT2D eigenvalue weighted by Gasteiger charge is 2.23. The summed E-state index contributed by atoms with van der Waals surface area (Å²) in [5.74, 6) is -0.0837. The first-order chi connectivity index (χ1) is 11.3. The van der Waals surface area contributed by atoms with Gasteiger partial charge in [0.25, 0.3) is 0 Å². The van der Waals surface area contributed by atoms with Crippen LogP contribution in [0.5, 0.6) is 5.75 Å². The predicted octanol–water partition coefficient (Wildman–Crippen LogP) is 2.74. The number of esters is 1. The number of likely N-dealkylation sites (N-methyl/N-ethyl adjacent to an activating group) is 1. The van der Waals surface area contributed by atoms with E-state index in [-0.39, 0.29) is 6.61 Å². The third-order valence-corrected chi connectivity index (χ3v) is 3.79. The molecule has 0 N–H and O–H groups in total. The Morgan fingerprint density at radius 1 is 1.21 bits per heavy atom. The number of hydrogen-bond acceptors (Lipinski definition) is 5. The van der Waals surface area contributed by atoms with E-state index in [1.165, 1.54) is 0 Å². The number of alkyl halides is 1. The van der Waals surface area contributed by atoms with Crippen LogP contribution < -0.4 is 9.64 Å². The number of carbonyl (C=O) groups is 1. The Morgan fingerprint density at radius 3 is 2.46 bits per heavy atom. The molecule has 24 heavy (non-hydrogen) atoms. The molecule has 1 aromatic carbocycles. The summed E-state index contributed by atoms with van der Waals surface area (Å²) in [6, 6.07) is 5.41. The first-order valence-electron chi connectivity index (χ1n) is 8.30. The molecule has 0 radical (unpaired) electrons. The van der Waals surface area contributed by atoms with Crippen molar-refractivity contribution in [1.82, 2.24) is 4.90 Å². The van der Waals surface area contributed by atoms with Crippen LogP contribution in [0.1, 0.15) is 31.1 Å². The topological polar surface area (TPSA) is 42.0 Å².